The molecule has 0 amide bonds. The molecule has 1 fully saturated rings. The second-order valence-corrected chi connectivity index (χ2v) is 9.44. The van der Waals surface area contributed by atoms with Crippen molar-refractivity contribution < 1.29 is 46.6 Å². The Balaban J connectivity index is 1.55. The monoisotopic (exact) mass is 576 g/mol. The van der Waals surface area contributed by atoms with Gasteiger partial charge in [-0.15, -0.1) is 0 Å². The molecule has 2 aliphatic heterocycles. The molecule has 10 nitrogen and oxygen atoms in total. The molecule has 2 aliphatic rings. The number of carbonyl (C=O) groups excluding carboxylic acids is 2. The highest BCUT2D eigenvalue weighted by atomic mass is 19.4. The summed E-state index contributed by atoms with van der Waals surface area (Å²) in [5.74, 6) is -5.58. The van der Waals surface area contributed by atoms with E-state index in [1.807, 2.05) is 12.1 Å². The van der Waals surface area contributed by atoms with Crippen LogP contribution < -0.4 is 4.74 Å². The van der Waals surface area contributed by atoms with Crippen molar-refractivity contribution in [2.24, 2.45) is 10.9 Å². The largest absolute Gasteiger partial charge is 0.491 e. The van der Waals surface area contributed by atoms with Crippen LogP contribution in [0.5, 0.6) is 5.75 Å². The summed E-state index contributed by atoms with van der Waals surface area (Å²) >= 11 is 0. The first-order valence-corrected chi connectivity index (χ1v) is 12.7. The fraction of sp³-hybridized carbons (Fsp3) is 0.393. The molecule has 0 N–H and O–H groups in total. The molecule has 0 aliphatic carbocycles. The van der Waals surface area contributed by atoms with Crippen molar-refractivity contribution in [3.05, 3.63) is 81.0 Å². The molecule has 0 saturated carbocycles. The standard InChI is InChI=1S/C28H27F3N2O8/c1-16-22(27(35)39-13-5-6-17-9-11-18(12-10-17)40-14-19-15-41-19)23(20-7-3-4-8-21(20)33(36)37)24(26(34)38-2)25(32-16)28(29,30)31/h3-4,7-12,19,23-24H,5-6,13-15H2,1-2H3. The lowest BCUT2D eigenvalue weighted by Gasteiger charge is -2.32. The van der Waals surface area contributed by atoms with Gasteiger partial charge in [0, 0.05) is 23.2 Å². The second-order valence-electron chi connectivity index (χ2n) is 9.44. The summed E-state index contributed by atoms with van der Waals surface area (Å²) in [4.78, 5) is 40.5. The Hall–Kier alpha value is -4.26. The van der Waals surface area contributed by atoms with Crippen molar-refractivity contribution in [2.75, 3.05) is 26.9 Å². The van der Waals surface area contributed by atoms with E-state index in [2.05, 4.69) is 9.73 Å². The fourth-order valence-electron chi connectivity index (χ4n) is 4.63. The van der Waals surface area contributed by atoms with Gasteiger partial charge in [-0.2, -0.15) is 13.2 Å². The van der Waals surface area contributed by atoms with Crippen LogP contribution in [0.4, 0.5) is 18.9 Å². The number of hydrogen-bond acceptors (Lipinski definition) is 9. The number of epoxide rings is 1. The first-order valence-electron chi connectivity index (χ1n) is 12.7. The molecule has 2 aromatic rings. The van der Waals surface area contributed by atoms with Crippen molar-refractivity contribution in [1.29, 1.82) is 0 Å². The highest BCUT2D eigenvalue weighted by molar-refractivity contribution is 6.10. The Morgan fingerprint density at radius 1 is 1.15 bits per heavy atom. The Kier molecular flexibility index (Phi) is 9.06. The summed E-state index contributed by atoms with van der Waals surface area (Å²) in [6.45, 7) is 2.23. The maximum absolute atomic E-state index is 14.0. The van der Waals surface area contributed by atoms with Gasteiger partial charge in [0.1, 0.15) is 30.1 Å². The first-order chi connectivity index (χ1) is 19.5. The maximum atomic E-state index is 14.0. The molecule has 0 spiro atoms. The van der Waals surface area contributed by atoms with E-state index in [-0.39, 0.29) is 29.5 Å². The number of aliphatic imine (C=N–C) groups is 1. The number of halogens is 3. The van der Waals surface area contributed by atoms with Crippen LogP contribution in [-0.4, -0.2) is 61.8 Å². The summed E-state index contributed by atoms with van der Waals surface area (Å²) < 4.78 is 62.8. The van der Waals surface area contributed by atoms with E-state index in [9.17, 15) is 32.9 Å². The third-order valence-corrected chi connectivity index (χ3v) is 6.66. The number of nitrogens with zero attached hydrogens (tertiary/aromatic N) is 2. The molecule has 1 saturated heterocycles. The van der Waals surface area contributed by atoms with Gasteiger partial charge >= 0.3 is 18.1 Å². The summed E-state index contributed by atoms with van der Waals surface area (Å²) in [5.41, 5.74) is -2.16. The second kappa shape index (κ2) is 12.5. The first kappa shape index (κ1) is 29.7. The molecule has 41 heavy (non-hydrogen) atoms. The van der Waals surface area contributed by atoms with Crippen LogP contribution in [0.15, 0.2) is 64.8 Å². The third kappa shape index (κ3) is 7.09. The van der Waals surface area contributed by atoms with E-state index in [4.69, 9.17) is 14.2 Å². The van der Waals surface area contributed by atoms with E-state index >= 15 is 0 Å². The summed E-state index contributed by atoms with van der Waals surface area (Å²) in [7, 11) is 0.885. The number of rotatable bonds is 11. The zero-order chi connectivity index (χ0) is 29.7. The van der Waals surface area contributed by atoms with Gasteiger partial charge in [-0.1, -0.05) is 30.3 Å². The maximum Gasteiger partial charge on any atom is 0.430 e. The smallest absolute Gasteiger partial charge is 0.430 e. The minimum absolute atomic E-state index is 0.102. The van der Waals surface area contributed by atoms with Crippen LogP contribution in [0.2, 0.25) is 0 Å². The van der Waals surface area contributed by atoms with Crippen LogP contribution in [0, 0.1) is 16.0 Å². The van der Waals surface area contributed by atoms with Gasteiger partial charge in [-0.05, 0) is 37.5 Å². The van der Waals surface area contributed by atoms with E-state index in [0.29, 0.717) is 31.8 Å². The van der Waals surface area contributed by atoms with E-state index in [1.54, 1.807) is 12.1 Å². The van der Waals surface area contributed by atoms with Crippen molar-refractivity contribution in [1.82, 2.24) is 0 Å². The molecule has 13 heteroatoms. The van der Waals surface area contributed by atoms with Crippen LogP contribution >= 0.6 is 0 Å². The van der Waals surface area contributed by atoms with Crippen LogP contribution in [0.1, 0.15) is 30.4 Å². The Morgan fingerprint density at radius 2 is 1.83 bits per heavy atom. The van der Waals surface area contributed by atoms with Crippen LogP contribution in [-0.2, 0) is 30.2 Å². The number of alkyl halides is 3. The molecule has 218 valence electrons. The zero-order valence-corrected chi connectivity index (χ0v) is 22.2. The van der Waals surface area contributed by atoms with Crippen LogP contribution in [0.25, 0.3) is 0 Å². The number of carbonyl (C=O) groups is 2. The van der Waals surface area contributed by atoms with Crippen molar-refractivity contribution >= 4 is 23.3 Å². The molecule has 4 rings (SSSR count). The van der Waals surface area contributed by atoms with E-state index in [0.717, 1.165) is 25.7 Å². The Labute approximate surface area is 232 Å². The predicted molar refractivity (Wildman–Crippen MR) is 138 cm³/mol. The van der Waals surface area contributed by atoms with Gasteiger partial charge in [-0.3, -0.25) is 19.9 Å². The van der Waals surface area contributed by atoms with Crippen molar-refractivity contribution in [2.45, 2.75) is 38.0 Å². The van der Waals surface area contributed by atoms with Gasteiger partial charge in [0.25, 0.3) is 5.69 Å². The van der Waals surface area contributed by atoms with Gasteiger partial charge in [0.15, 0.2) is 0 Å². The topological polar surface area (TPSA) is 130 Å². The molecule has 2 aromatic carbocycles. The quantitative estimate of drug-likeness (QED) is 0.124. The molecule has 2 heterocycles. The number of aryl methyl sites for hydroxylation is 1. The average Bonchev–Trinajstić information content (AvgIpc) is 3.78. The predicted octanol–water partition coefficient (Wildman–Crippen LogP) is 4.71. The normalized spacial score (nSPS) is 20.2. The number of hydrogen-bond donors (Lipinski definition) is 0. The Morgan fingerprint density at radius 3 is 2.44 bits per heavy atom. The number of nitro groups is 1. The number of allylic oxidation sites excluding steroid dienone is 1. The summed E-state index contributed by atoms with van der Waals surface area (Å²) in [6.07, 6.45) is -4.05. The van der Waals surface area contributed by atoms with E-state index in [1.165, 1.54) is 18.2 Å². The van der Waals surface area contributed by atoms with Crippen molar-refractivity contribution in [3.8, 4) is 5.75 Å². The third-order valence-electron chi connectivity index (χ3n) is 6.66. The number of ether oxygens (including phenoxy) is 4. The van der Waals surface area contributed by atoms with E-state index < -0.39 is 46.3 Å². The van der Waals surface area contributed by atoms with Gasteiger partial charge in [-0.25, -0.2) is 4.79 Å². The zero-order valence-electron chi connectivity index (χ0n) is 22.2. The number of nitro benzene ring substituents is 1. The molecular weight excluding hydrogens is 549 g/mol. The lowest BCUT2D eigenvalue weighted by atomic mass is 9.74. The molecule has 3 atom stereocenters. The van der Waals surface area contributed by atoms with Gasteiger partial charge in [0.2, 0.25) is 0 Å². The van der Waals surface area contributed by atoms with Gasteiger partial charge < -0.3 is 18.9 Å². The number of esters is 2. The Bertz CT molecular complexity index is 1370. The SMILES string of the molecule is COC(=O)C1C(C(F)(F)F)=NC(C)=C(C(=O)OCCCc2ccc(OCC3CO3)cc2)C1c1ccccc1[N+](=O)[O-]. The lowest BCUT2D eigenvalue weighted by Crippen LogP contribution is -2.44. The van der Waals surface area contributed by atoms with Gasteiger partial charge in [0.05, 0.1) is 30.8 Å². The molecular formula is C28H27F3N2O8. The fourth-order valence-corrected chi connectivity index (χ4v) is 4.63. The highest BCUT2D eigenvalue weighted by Crippen LogP contribution is 2.46. The number of para-hydroxylation sites is 1. The molecule has 0 bridgehead atoms. The van der Waals surface area contributed by atoms with Crippen molar-refractivity contribution in [3.63, 3.8) is 0 Å². The molecule has 3 unspecified atom stereocenters. The number of methoxy groups -OCH3 is 1. The summed E-state index contributed by atoms with van der Waals surface area (Å²) in [6, 6.07) is 12.3. The summed E-state index contributed by atoms with van der Waals surface area (Å²) in [5, 5.41) is 11.8. The minimum atomic E-state index is -5.08. The molecule has 0 radical (unpaired) electrons. The molecule has 0 aromatic heterocycles. The number of benzene rings is 2. The average molecular weight is 577 g/mol. The highest BCUT2D eigenvalue weighted by Gasteiger charge is 2.53. The minimum Gasteiger partial charge on any atom is -0.491 e. The lowest BCUT2D eigenvalue weighted by molar-refractivity contribution is -0.385. The van der Waals surface area contributed by atoms with Crippen LogP contribution in [0.3, 0.4) is 0 Å².